The largest absolute Gasteiger partial charge is 0.409 e. The molecule has 0 fully saturated rings. The topological polar surface area (TPSA) is 70.6 Å². The van der Waals surface area contributed by atoms with Gasteiger partial charge in [-0.15, -0.1) is 0 Å². The van der Waals surface area contributed by atoms with Crippen LogP contribution in [0, 0.1) is 6.92 Å². The molecule has 0 saturated heterocycles. The average Bonchev–Trinajstić information content (AvgIpc) is 2.52. The molecule has 4 heteroatoms. The molecule has 4 N–H and O–H groups in total. The Morgan fingerprint density at radius 1 is 1.24 bits per heavy atom. The van der Waals surface area contributed by atoms with Crippen molar-refractivity contribution in [3.05, 3.63) is 70.8 Å². The summed E-state index contributed by atoms with van der Waals surface area (Å²) in [6, 6.07) is 16.4. The number of aryl methyl sites for hydroxylation is 1. The van der Waals surface area contributed by atoms with Gasteiger partial charge in [-0.3, -0.25) is 0 Å². The van der Waals surface area contributed by atoms with Gasteiger partial charge in [0, 0.05) is 18.2 Å². The van der Waals surface area contributed by atoms with Crippen molar-refractivity contribution in [3.63, 3.8) is 0 Å². The van der Waals surface area contributed by atoms with Crippen LogP contribution in [0.4, 0.5) is 0 Å². The Morgan fingerprint density at radius 2 is 1.95 bits per heavy atom. The number of nitrogens with one attached hydrogen (secondary N) is 1. The highest BCUT2D eigenvalue weighted by atomic mass is 16.4. The number of amidine groups is 1. The third kappa shape index (κ3) is 4.07. The van der Waals surface area contributed by atoms with Gasteiger partial charge in [-0.1, -0.05) is 59.3 Å². The van der Waals surface area contributed by atoms with Crippen LogP contribution in [0.2, 0.25) is 0 Å². The fraction of sp³-hybridized carbons (Fsp3) is 0.235. The van der Waals surface area contributed by atoms with Crippen LogP contribution in [0.1, 0.15) is 35.2 Å². The monoisotopic (exact) mass is 283 g/mol. The summed E-state index contributed by atoms with van der Waals surface area (Å²) in [6.07, 6.45) is 0. The number of rotatable bonds is 5. The first-order valence-electron chi connectivity index (χ1n) is 6.97. The Kier molecular flexibility index (Phi) is 4.95. The zero-order chi connectivity index (χ0) is 15.2. The highest BCUT2D eigenvalue weighted by molar-refractivity contribution is 5.96. The summed E-state index contributed by atoms with van der Waals surface area (Å²) in [6.45, 7) is 5.02. The second-order valence-corrected chi connectivity index (χ2v) is 5.20. The van der Waals surface area contributed by atoms with Crippen molar-refractivity contribution in [1.82, 2.24) is 5.32 Å². The molecule has 0 aromatic heterocycles. The van der Waals surface area contributed by atoms with E-state index in [9.17, 15) is 0 Å². The summed E-state index contributed by atoms with van der Waals surface area (Å²) in [4.78, 5) is 0. The second kappa shape index (κ2) is 6.90. The molecule has 2 aromatic rings. The van der Waals surface area contributed by atoms with Crippen molar-refractivity contribution in [2.45, 2.75) is 26.4 Å². The third-order valence-electron chi connectivity index (χ3n) is 3.51. The Hall–Kier alpha value is -2.33. The molecular weight excluding hydrogens is 262 g/mol. The lowest BCUT2D eigenvalue weighted by Crippen LogP contribution is -2.18. The first-order valence-corrected chi connectivity index (χ1v) is 6.97. The fourth-order valence-electron chi connectivity index (χ4n) is 2.18. The predicted octanol–water partition coefficient (Wildman–Crippen LogP) is 2.94. The quantitative estimate of drug-likeness (QED) is 0.342. The minimum atomic E-state index is 0.127. The third-order valence-corrected chi connectivity index (χ3v) is 3.51. The van der Waals surface area contributed by atoms with E-state index in [4.69, 9.17) is 10.9 Å². The van der Waals surface area contributed by atoms with E-state index in [-0.39, 0.29) is 11.9 Å². The molecule has 0 bridgehead atoms. The van der Waals surface area contributed by atoms with Crippen molar-refractivity contribution in [2.24, 2.45) is 10.9 Å². The number of nitrogens with two attached hydrogens (primary N) is 1. The number of nitrogens with zero attached hydrogens (tertiary/aromatic N) is 1. The van der Waals surface area contributed by atoms with E-state index in [1.54, 1.807) is 0 Å². The van der Waals surface area contributed by atoms with Gasteiger partial charge in [0.15, 0.2) is 5.84 Å². The first kappa shape index (κ1) is 15.1. The summed E-state index contributed by atoms with van der Waals surface area (Å²) >= 11 is 0. The molecule has 0 aliphatic heterocycles. The number of hydrogen-bond donors (Lipinski definition) is 3. The lowest BCUT2D eigenvalue weighted by Gasteiger charge is -2.15. The van der Waals surface area contributed by atoms with Crippen LogP contribution in [0.25, 0.3) is 0 Å². The maximum atomic E-state index is 8.63. The average molecular weight is 283 g/mol. The summed E-state index contributed by atoms with van der Waals surface area (Å²) in [5.41, 5.74) is 9.96. The van der Waals surface area contributed by atoms with Gasteiger partial charge in [-0.25, -0.2) is 0 Å². The van der Waals surface area contributed by atoms with Crippen molar-refractivity contribution in [1.29, 1.82) is 0 Å². The fourth-order valence-corrected chi connectivity index (χ4v) is 2.18. The maximum absolute atomic E-state index is 8.63. The molecule has 1 atom stereocenters. The lowest BCUT2D eigenvalue weighted by atomic mass is 10.1. The normalized spacial score (nSPS) is 13.1. The van der Waals surface area contributed by atoms with E-state index in [0.29, 0.717) is 5.56 Å². The molecule has 2 rings (SSSR count). The molecule has 4 nitrogen and oxygen atoms in total. The van der Waals surface area contributed by atoms with E-state index >= 15 is 0 Å². The van der Waals surface area contributed by atoms with Gasteiger partial charge < -0.3 is 16.3 Å². The molecule has 2 aromatic carbocycles. The minimum Gasteiger partial charge on any atom is -0.409 e. The van der Waals surface area contributed by atoms with E-state index in [1.807, 2.05) is 24.3 Å². The smallest absolute Gasteiger partial charge is 0.170 e. The Balaban J connectivity index is 1.96. The van der Waals surface area contributed by atoms with Crippen LogP contribution < -0.4 is 11.1 Å². The molecule has 0 aliphatic rings. The Labute approximate surface area is 125 Å². The molecule has 0 heterocycles. The molecular formula is C17H21N3O. The van der Waals surface area contributed by atoms with Gasteiger partial charge >= 0.3 is 0 Å². The van der Waals surface area contributed by atoms with Gasteiger partial charge in [0.2, 0.25) is 0 Å². The van der Waals surface area contributed by atoms with Crippen molar-refractivity contribution < 1.29 is 5.21 Å². The Bertz CT molecular complexity index is 620. The summed E-state index contributed by atoms with van der Waals surface area (Å²) < 4.78 is 0. The first-order chi connectivity index (χ1) is 10.1. The second-order valence-electron chi connectivity index (χ2n) is 5.20. The van der Waals surface area contributed by atoms with E-state index < -0.39 is 0 Å². The zero-order valence-corrected chi connectivity index (χ0v) is 12.4. The van der Waals surface area contributed by atoms with Crippen molar-refractivity contribution >= 4 is 5.84 Å². The van der Waals surface area contributed by atoms with Crippen molar-refractivity contribution in [2.75, 3.05) is 0 Å². The molecule has 0 amide bonds. The SMILES string of the molecule is Cc1cccc([C@@H](C)NCc2ccc(/C(N)=N/O)cc2)c1. The molecule has 0 saturated carbocycles. The van der Waals surface area contributed by atoms with E-state index in [2.05, 4.69) is 48.6 Å². The van der Waals surface area contributed by atoms with Gasteiger partial charge in [0.05, 0.1) is 0 Å². The van der Waals surface area contributed by atoms with Crippen LogP contribution in [0.5, 0.6) is 0 Å². The standard InChI is InChI=1S/C17H21N3O/c1-12-4-3-5-16(10-12)13(2)19-11-14-6-8-15(9-7-14)17(18)20-21/h3-10,13,19,21H,11H2,1-2H3,(H2,18,20)/t13-/m1/s1. The van der Waals surface area contributed by atoms with Crippen LogP contribution in [0.3, 0.4) is 0 Å². The molecule has 0 unspecified atom stereocenters. The molecule has 110 valence electrons. The van der Waals surface area contributed by atoms with Crippen LogP contribution in [0.15, 0.2) is 53.7 Å². The van der Waals surface area contributed by atoms with E-state index in [1.165, 1.54) is 11.1 Å². The molecule has 0 spiro atoms. The highest BCUT2D eigenvalue weighted by Crippen LogP contribution is 2.14. The van der Waals surface area contributed by atoms with E-state index in [0.717, 1.165) is 12.1 Å². The van der Waals surface area contributed by atoms with Crippen LogP contribution in [-0.2, 0) is 6.54 Å². The van der Waals surface area contributed by atoms with Crippen LogP contribution in [-0.4, -0.2) is 11.0 Å². The molecule has 0 aliphatic carbocycles. The molecule has 0 radical (unpaired) electrons. The van der Waals surface area contributed by atoms with Gasteiger partial charge in [-0.2, -0.15) is 0 Å². The summed E-state index contributed by atoms with van der Waals surface area (Å²) in [5, 5.41) is 15.1. The summed E-state index contributed by atoms with van der Waals surface area (Å²) in [7, 11) is 0. The predicted molar refractivity (Wildman–Crippen MR) is 85.4 cm³/mol. The maximum Gasteiger partial charge on any atom is 0.170 e. The number of oxime groups is 1. The number of hydrogen-bond acceptors (Lipinski definition) is 3. The van der Waals surface area contributed by atoms with Gasteiger partial charge in [0.1, 0.15) is 0 Å². The molecule has 21 heavy (non-hydrogen) atoms. The van der Waals surface area contributed by atoms with Crippen molar-refractivity contribution in [3.8, 4) is 0 Å². The zero-order valence-electron chi connectivity index (χ0n) is 12.4. The summed E-state index contributed by atoms with van der Waals surface area (Å²) in [5.74, 6) is 0.127. The van der Waals surface area contributed by atoms with Crippen LogP contribution >= 0.6 is 0 Å². The minimum absolute atomic E-state index is 0.127. The number of benzene rings is 2. The van der Waals surface area contributed by atoms with Gasteiger partial charge in [0.25, 0.3) is 0 Å². The Morgan fingerprint density at radius 3 is 2.57 bits per heavy atom. The lowest BCUT2D eigenvalue weighted by molar-refractivity contribution is 0.318. The highest BCUT2D eigenvalue weighted by Gasteiger charge is 2.05. The van der Waals surface area contributed by atoms with Gasteiger partial charge in [-0.05, 0) is 25.0 Å².